The van der Waals surface area contributed by atoms with E-state index < -0.39 is 48.6 Å². The molecule has 4 heterocycles. The number of likely N-dealkylation sites (tertiary alicyclic amines) is 1. The third kappa shape index (κ3) is 5.22. The molecule has 2 saturated heterocycles. The van der Waals surface area contributed by atoms with Crippen LogP contribution in [0.25, 0.3) is 11.0 Å². The van der Waals surface area contributed by atoms with Crippen LogP contribution in [0.4, 0.5) is 13.2 Å². The zero-order chi connectivity index (χ0) is 28.9. The van der Waals surface area contributed by atoms with Gasteiger partial charge in [-0.25, -0.2) is 18.2 Å². The summed E-state index contributed by atoms with van der Waals surface area (Å²) in [5, 5.41) is 7.03. The number of alkyl halides is 2. The predicted molar refractivity (Wildman–Crippen MR) is 142 cm³/mol. The second kappa shape index (κ2) is 10.8. The number of H-pyrrole nitrogens is 1. The molecule has 0 spiro atoms. The van der Waals surface area contributed by atoms with Gasteiger partial charge in [-0.1, -0.05) is 37.9 Å². The van der Waals surface area contributed by atoms with Crippen molar-refractivity contribution in [2.24, 2.45) is 17.8 Å². The number of carbonyl (C=O) groups is 2. The first-order valence-corrected chi connectivity index (χ1v) is 14.3. The molecule has 2 amide bonds. The van der Waals surface area contributed by atoms with Crippen molar-refractivity contribution in [2.75, 3.05) is 26.3 Å². The normalized spacial score (nSPS) is 26.6. The number of hydrogen-bond donors (Lipinski definition) is 2. The van der Waals surface area contributed by atoms with Gasteiger partial charge in [-0.2, -0.15) is 0 Å². The molecule has 220 valence electrons. The first-order chi connectivity index (χ1) is 19.6. The van der Waals surface area contributed by atoms with E-state index in [1.54, 1.807) is 12.1 Å². The highest BCUT2D eigenvalue weighted by Crippen LogP contribution is 2.40. The number of halogens is 3. The summed E-state index contributed by atoms with van der Waals surface area (Å²) in [7, 11) is 0. The molecule has 12 heteroatoms. The Kier molecular flexibility index (Phi) is 7.29. The van der Waals surface area contributed by atoms with Crippen LogP contribution in [-0.2, 0) is 16.0 Å². The van der Waals surface area contributed by atoms with E-state index in [9.17, 15) is 18.4 Å². The van der Waals surface area contributed by atoms with Crippen LogP contribution in [-0.4, -0.2) is 64.1 Å². The summed E-state index contributed by atoms with van der Waals surface area (Å²) < 4.78 is 53.4. The molecule has 1 aliphatic carbocycles. The number of carbonyl (C=O) groups excluding carboxylic acids is 2. The molecule has 41 heavy (non-hydrogen) atoms. The van der Waals surface area contributed by atoms with E-state index in [4.69, 9.17) is 9.26 Å². The summed E-state index contributed by atoms with van der Waals surface area (Å²) >= 11 is 0. The Morgan fingerprint density at radius 3 is 2.66 bits per heavy atom. The van der Waals surface area contributed by atoms with Crippen LogP contribution in [0.15, 0.2) is 22.9 Å². The SMILES string of the molecule is CCc1nocc1C(=O)NC(c1nc2c(F)c(C3COCC3C(=O)N3CC(F)(F)C3)ccc2[nH]1)C1CCC(C)CC1. The molecule has 0 bridgehead atoms. The molecule has 3 fully saturated rings. The second-order valence-corrected chi connectivity index (χ2v) is 11.8. The number of nitrogens with zero attached hydrogens (tertiary/aromatic N) is 3. The van der Waals surface area contributed by atoms with Gasteiger partial charge in [0.15, 0.2) is 5.82 Å². The van der Waals surface area contributed by atoms with Crippen LogP contribution in [0.3, 0.4) is 0 Å². The molecular weight excluding hydrogens is 539 g/mol. The van der Waals surface area contributed by atoms with Gasteiger partial charge in [0.1, 0.15) is 23.2 Å². The molecule has 2 N–H and O–H groups in total. The first kappa shape index (κ1) is 27.7. The molecule has 2 aromatic heterocycles. The third-order valence-corrected chi connectivity index (χ3v) is 8.93. The lowest BCUT2D eigenvalue weighted by atomic mass is 9.79. The number of benzene rings is 1. The monoisotopic (exact) mass is 573 g/mol. The molecule has 3 aromatic rings. The fourth-order valence-corrected chi connectivity index (χ4v) is 6.46. The number of nitrogens with one attached hydrogen (secondary N) is 2. The summed E-state index contributed by atoms with van der Waals surface area (Å²) in [6.07, 6.45) is 5.69. The summed E-state index contributed by atoms with van der Waals surface area (Å²) in [6, 6.07) is 2.82. The Morgan fingerprint density at radius 2 is 1.95 bits per heavy atom. The van der Waals surface area contributed by atoms with Gasteiger partial charge in [0, 0.05) is 5.92 Å². The van der Waals surface area contributed by atoms with Crippen LogP contribution in [0.1, 0.15) is 78.9 Å². The summed E-state index contributed by atoms with van der Waals surface area (Å²) in [4.78, 5) is 35.2. The fraction of sp³-hybridized carbons (Fsp3) is 0.586. The highest BCUT2D eigenvalue weighted by atomic mass is 19.3. The van der Waals surface area contributed by atoms with E-state index in [1.807, 2.05) is 6.92 Å². The number of hydrogen-bond acceptors (Lipinski definition) is 6. The maximum absolute atomic E-state index is 16.0. The first-order valence-electron chi connectivity index (χ1n) is 14.3. The Labute approximate surface area is 235 Å². The third-order valence-electron chi connectivity index (χ3n) is 8.93. The van der Waals surface area contributed by atoms with E-state index in [0.717, 1.165) is 30.6 Å². The van der Waals surface area contributed by atoms with Crippen molar-refractivity contribution in [2.45, 2.75) is 63.8 Å². The Hall–Kier alpha value is -3.41. The number of rotatable bonds is 7. The number of imidazole rings is 1. The summed E-state index contributed by atoms with van der Waals surface area (Å²) in [5.41, 5.74) is 1.76. The van der Waals surface area contributed by atoms with Gasteiger partial charge < -0.3 is 24.5 Å². The van der Waals surface area contributed by atoms with Crippen molar-refractivity contribution in [1.29, 1.82) is 0 Å². The lowest BCUT2D eigenvalue weighted by Crippen LogP contribution is -2.60. The quantitative estimate of drug-likeness (QED) is 0.422. The van der Waals surface area contributed by atoms with E-state index in [-0.39, 0.29) is 36.1 Å². The molecule has 0 radical (unpaired) electrons. The van der Waals surface area contributed by atoms with Gasteiger partial charge in [0.25, 0.3) is 11.8 Å². The highest BCUT2D eigenvalue weighted by Gasteiger charge is 2.50. The number of aryl methyl sites for hydroxylation is 1. The molecular formula is C29H34F3N5O4. The van der Waals surface area contributed by atoms with Crippen LogP contribution >= 0.6 is 0 Å². The van der Waals surface area contributed by atoms with E-state index in [1.165, 1.54) is 6.26 Å². The minimum atomic E-state index is -2.88. The molecule has 3 aliphatic rings. The maximum Gasteiger partial charge on any atom is 0.282 e. The van der Waals surface area contributed by atoms with Gasteiger partial charge in [0.2, 0.25) is 5.91 Å². The van der Waals surface area contributed by atoms with Crippen LogP contribution in [0, 0.1) is 23.6 Å². The number of fused-ring (bicyclic) bond motifs is 1. The van der Waals surface area contributed by atoms with Gasteiger partial charge in [-0.3, -0.25) is 9.59 Å². The van der Waals surface area contributed by atoms with Gasteiger partial charge >= 0.3 is 0 Å². The second-order valence-electron chi connectivity index (χ2n) is 11.8. The van der Waals surface area contributed by atoms with E-state index >= 15 is 4.39 Å². The van der Waals surface area contributed by atoms with Crippen molar-refractivity contribution < 1.29 is 32.0 Å². The summed E-state index contributed by atoms with van der Waals surface area (Å²) in [6.45, 7) is 3.01. The lowest BCUT2D eigenvalue weighted by Gasteiger charge is -2.40. The van der Waals surface area contributed by atoms with Gasteiger partial charge in [-0.15, -0.1) is 0 Å². The molecule has 3 atom stereocenters. The van der Waals surface area contributed by atoms with Crippen molar-refractivity contribution in [3.63, 3.8) is 0 Å². The van der Waals surface area contributed by atoms with Crippen LogP contribution < -0.4 is 5.32 Å². The van der Waals surface area contributed by atoms with Gasteiger partial charge in [0.05, 0.1) is 49.5 Å². The van der Waals surface area contributed by atoms with Crippen molar-refractivity contribution >= 4 is 22.8 Å². The number of aromatic nitrogens is 3. The minimum absolute atomic E-state index is 0.0473. The number of ether oxygens (including phenoxy) is 1. The van der Waals surface area contributed by atoms with E-state index in [0.29, 0.717) is 34.9 Å². The molecule has 3 unspecified atom stereocenters. The maximum atomic E-state index is 16.0. The standard InChI is InChI=1S/C29H34F3N5O4/c1-3-21-20(12-41-36-21)27(38)35-24(16-6-4-15(2)5-7-16)26-33-22-9-8-17(23(30)25(22)34-26)18-10-40-11-19(18)28(39)37-13-29(31,32)14-37/h8-9,12,15-16,18-19,24H,3-7,10-11,13-14H2,1-2H3,(H,33,34)(H,35,38). The molecule has 1 aromatic carbocycles. The molecule has 2 aliphatic heterocycles. The topological polar surface area (TPSA) is 113 Å². The van der Waals surface area contributed by atoms with Crippen LogP contribution in [0.5, 0.6) is 0 Å². The lowest BCUT2D eigenvalue weighted by molar-refractivity contribution is -0.169. The largest absolute Gasteiger partial charge is 0.380 e. The zero-order valence-electron chi connectivity index (χ0n) is 23.1. The average molecular weight is 574 g/mol. The number of aromatic amines is 1. The minimum Gasteiger partial charge on any atom is -0.380 e. The summed E-state index contributed by atoms with van der Waals surface area (Å²) in [5.74, 6) is -4.45. The predicted octanol–water partition coefficient (Wildman–Crippen LogP) is 4.76. The van der Waals surface area contributed by atoms with Crippen molar-refractivity contribution in [1.82, 2.24) is 25.3 Å². The molecule has 1 saturated carbocycles. The molecule has 6 rings (SSSR count). The Bertz CT molecular complexity index is 1440. The Morgan fingerprint density at radius 1 is 1.20 bits per heavy atom. The average Bonchev–Trinajstić information content (AvgIpc) is 3.70. The highest BCUT2D eigenvalue weighted by molar-refractivity contribution is 5.95. The van der Waals surface area contributed by atoms with Crippen molar-refractivity contribution in [3.8, 4) is 0 Å². The van der Waals surface area contributed by atoms with Gasteiger partial charge in [-0.05, 0) is 42.7 Å². The Balaban J connectivity index is 1.29. The van der Waals surface area contributed by atoms with E-state index in [2.05, 4.69) is 27.4 Å². The smallest absolute Gasteiger partial charge is 0.282 e. The zero-order valence-corrected chi connectivity index (χ0v) is 23.1. The number of amides is 2. The van der Waals surface area contributed by atoms with Crippen molar-refractivity contribution in [3.05, 3.63) is 46.9 Å². The molecule has 9 nitrogen and oxygen atoms in total. The van der Waals surface area contributed by atoms with Crippen LogP contribution in [0.2, 0.25) is 0 Å². The fourth-order valence-electron chi connectivity index (χ4n) is 6.46.